The number of rotatable bonds is 9. The van der Waals surface area contributed by atoms with Crippen LogP contribution in [0, 0.1) is 0 Å². The molecule has 2 aromatic carbocycles. The van der Waals surface area contributed by atoms with Gasteiger partial charge in [-0.3, -0.25) is 9.20 Å². The van der Waals surface area contributed by atoms with Crippen molar-refractivity contribution in [3.63, 3.8) is 0 Å². The molecular weight excluding hydrogens is 404 g/mol. The number of nitrogens with one attached hydrogen (secondary N) is 1. The van der Waals surface area contributed by atoms with Crippen molar-refractivity contribution < 1.29 is 4.79 Å². The van der Waals surface area contributed by atoms with Crippen molar-refractivity contribution in [1.82, 2.24) is 19.6 Å². The standard InChI is InChI=1S/C25H30N4OS/c1-4-18-8-10-19(11-9-18)21-17-29-22-13-12-20(16-23(22)31-25(29)27-21)24(30)26-14-7-15-28(5-2)6-3/h8-13,16-17H,4-7,14-15H2,1-3H3,(H,26,30). The minimum absolute atomic E-state index is 0.0100. The van der Waals surface area contributed by atoms with Gasteiger partial charge in [0.25, 0.3) is 5.91 Å². The largest absolute Gasteiger partial charge is 0.352 e. The Labute approximate surface area is 187 Å². The zero-order valence-electron chi connectivity index (χ0n) is 18.5. The van der Waals surface area contributed by atoms with Gasteiger partial charge in [0, 0.05) is 23.9 Å². The predicted octanol–water partition coefficient (Wildman–Crippen LogP) is 5.24. The molecule has 0 bridgehead atoms. The average molecular weight is 435 g/mol. The summed E-state index contributed by atoms with van der Waals surface area (Å²) in [6.07, 6.45) is 4.08. The molecule has 0 aliphatic heterocycles. The summed E-state index contributed by atoms with van der Waals surface area (Å²) >= 11 is 1.62. The number of imidazole rings is 1. The van der Waals surface area contributed by atoms with Crippen molar-refractivity contribution in [3.8, 4) is 11.3 Å². The van der Waals surface area contributed by atoms with E-state index in [-0.39, 0.29) is 5.91 Å². The maximum Gasteiger partial charge on any atom is 0.251 e. The van der Waals surface area contributed by atoms with E-state index in [1.165, 1.54) is 5.56 Å². The molecule has 1 N–H and O–H groups in total. The third kappa shape index (κ3) is 4.65. The molecule has 0 fully saturated rings. The number of amides is 1. The Hall–Kier alpha value is -2.70. The quantitative estimate of drug-likeness (QED) is 0.367. The predicted molar refractivity (Wildman–Crippen MR) is 130 cm³/mol. The number of nitrogens with zero attached hydrogens (tertiary/aromatic N) is 3. The van der Waals surface area contributed by atoms with Gasteiger partial charge in [-0.1, -0.05) is 56.4 Å². The van der Waals surface area contributed by atoms with Gasteiger partial charge in [-0.15, -0.1) is 0 Å². The average Bonchev–Trinajstić information content (AvgIpc) is 3.36. The highest BCUT2D eigenvalue weighted by Gasteiger charge is 2.13. The normalized spacial score (nSPS) is 11.6. The molecule has 2 heterocycles. The number of aryl methyl sites for hydroxylation is 1. The lowest BCUT2D eigenvalue weighted by Gasteiger charge is -2.17. The Morgan fingerprint density at radius 1 is 1.10 bits per heavy atom. The fraction of sp³-hybridized carbons (Fsp3) is 0.360. The second-order valence-corrected chi connectivity index (χ2v) is 8.76. The highest BCUT2D eigenvalue weighted by atomic mass is 32.1. The van der Waals surface area contributed by atoms with Gasteiger partial charge in [0.15, 0.2) is 4.96 Å². The van der Waals surface area contributed by atoms with Gasteiger partial charge >= 0.3 is 0 Å². The van der Waals surface area contributed by atoms with E-state index >= 15 is 0 Å². The van der Waals surface area contributed by atoms with E-state index < -0.39 is 0 Å². The van der Waals surface area contributed by atoms with Crippen molar-refractivity contribution in [1.29, 1.82) is 0 Å². The first kappa shape index (κ1) is 21.5. The molecule has 0 saturated carbocycles. The van der Waals surface area contributed by atoms with Crippen LogP contribution in [-0.4, -0.2) is 46.4 Å². The molecule has 4 rings (SSSR count). The lowest BCUT2D eigenvalue weighted by molar-refractivity contribution is 0.0952. The number of hydrogen-bond acceptors (Lipinski definition) is 4. The molecule has 0 radical (unpaired) electrons. The summed E-state index contributed by atoms with van der Waals surface area (Å²) in [4.78, 5) is 20.7. The number of carbonyl (C=O) groups is 1. The summed E-state index contributed by atoms with van der Waals surface area (Å²) in [6.45, 7) is 10.3. The summed E-state index contributed by atoms with van der Waals surface area (Å²) in [5, 5.41) is 3.05. The Kier molecular flexibility index (Phi) is 6.68. The number of benzene rings is 2. The molecule has 4 aromatic rings. The van der Waals surface area contributed by atoms with Crippen LogP contribution >= 0.6 is 11.3 Å². The molecule has 0 aliphatic carbocycles. The van der Waals surface area contributed by atoms with Crippen molar-refractivity contribution in [2.45, 2.75) is 33.6 Å². The number of thiazole rings is 1. The van der Waals surface area contributed by atoms with Crippen LogP contribution in [0.5, 0.6) is 0 Å². The van der Waals surface area contributed by atoms with E-state index in [1.807, 2.05) is 18.2 Å². The fourth-order valence-corrected chi connectivity index (χ4v) is 4.89. The Balaban J connectivity index is 1.47. The molecule has 2 aromatic heterocycles. The van der Waals surface area contributed by atoms with Crippen molar-refractivity contribution >= 4 is 32.4 Å². The first-order valence-corrected chi connectivity index (χ1v) is 12.0. The van der Waals surface area contributed by atoms with E-state index in [9.17, 15) is 4.79 Å². The van der Waals surface area contributed by atoms with Crippen molar-refractivity contribution in [3.05, 3.63) is 59.8 Å². The molecule has 5 nitrogen and oxygen atoms in total. The van der Waals surface area contributed by atoms with E-state index in [0.29, 0.717) is 12.1 Å². The Morgan fingerprint density at radius 2 is 1.87 bits per heavy atom. The monoisotopic (exact) mass is 434 g/mol. The molecule has 6 heteroatoms. The SMILES string of the molecule is CCc1ccc(-c2cn3c(n2)sc2cc(C(=O)NCCCN(CC)CC)ccc23)cc1. The van der Waals surface area contributed by atoms with Gasteiger partial charge < -0.3 is 10.2 Å². The molecule has 0 saturated heterocycles. The first-order chi connectivity index (χ1) is 15.1. The van der Waals surface area contributed by atoms with Gasteiger partial charge in [-0.05, 0) is 56.2 Å². The van der Waals surface area contributed by atoms with Crippen LogP contribution in [0.25, 0.3) is 26.4 Å². The molecular formula is C25H30N4OS. The highest BCUT2D eigenvalue weighted by molar-refractivity contribution is 7.23. The zero-order valence-corrected chi connectivity index (χ0v) is 19.3. The smallest absolute Gasteiger partial charge is 0.251 e. The third-order valence-electron chi connectivity index (χ3n) is 5.85. The zero-order chi connectivity index (χ0) is 21.8. The lowest BCUT2D eigenvalue weighted by atomic mass is 10.1. The Bertz CT molecular complexity index is 1170. The molecule has 0 unspecified atom stereocenters. The highest BCUT2D eigenvalue weighted by Crippen LogP contribution is 2.30. The van der Waals surface area contributed by atoms with Crippen LogP contribution in [0.3, 0.4) is 0 Å². The number of fused-ring (bicyclic) bond motifs is 3. The topological polar surface area (TPSA) is 49.6 Å². The second-order valence-electron chi connectivity index (χ2n) is 7.75. The van der Waals surface area contributed by atoms with Gasteiger partial charge in [0.05, 0.1) is 15.9 Å². The lowest BCUT2D eigenvalue weighted by Crippen LogP contribution is -2.29. The van der Waals surface area contributed by atoms with Crippen LogP contribution in [0.2, 0.25) is 0 Å². The van der Waals surface area contributed by atoms with Crippen LogP contribution in [0.15, 0.2) is 48.7 Å². The van der Waals surface area contributed by atoms with Crippen molar-refractivity contribution in [2.24, 2.45) is 0 Å². The molecule has 0 spiro atoms. The third-order valence-corrected chi connectivity index (χ3v) is 6.86. The summed E-state index contributed by atoms with van der Waals surface area (Å²) in [7, 11) is 0. The summed E-state index contributed by atoms with van der Waals surface area (Å²) in [5.41, 5.74) is 5.22. The van der Waals surface area contributed by atoms with Gasteiger partial charge in [-0.2, -0.15) is 0 Å². The minimum Gasteiger partial charge on any atom is -0.352 e. The van der Waals surface area contributed by atoms with Crippen molar-refractivity contribution in [2.75, 3.05) is 26.2 Å². The Morgan fingerprint density at radius 3 is 2.58 bits per heavy atom. The summed E-state index contributed by atoms with van der Waals surface area (Å²) < 4.78 is 3.20. The molecule has 1 amide bonds. The first-order valence-electron chi connectivity index (χ1n) is 11.1. The van der Waals surface area contributed by atoms with Gasteiger partial charge in [0.1, 0.15) is 0 Å². The summed E-state index contributed by atoms with van der Waals surface area (Å²) in [6, 6.07) is 14.5. The van der Waals surface area contributed by atoms with E-state index in [1.54, 1.807) is 11.3 Å². The van der Waals surface area contributed by atoms with Crippen LogP contribution < -0.4 is 5.32 Å². The minimum atomic E-state index is -0.0100. The maximum atomic E-state index is 12.6. The molecule has 0 atom stereocenters. The van der Waals surface area contributed by atoms with Gasteiger partial charge in [-0.25, -0.2) is 4.98 Å². The number of aromatic nitrogens is 2. The van der Waals surface area contributed by atoms with E-state index in [4.69, 9.17) is 4.98 Å². The molecule has 162 valence electrons. The summed E-state index contributed by atoms with van der Waals surface area (Å²) in [5.74, 6) is -0.0100. The van der Waals surface area contributed by atoms with Crippen LogP contribution in [-0.2, 0) is 6.42 Å². The van der Waals surface area contributed by atoms with Crippen LogP contribution in [0.1, 0.15) is 43.1 Å². The molecule has 31 heavy (non-hydrogen) atoms. The fourth-order valence-electron chi connectivity index (χ4n) is 3.84. The number of hydrogen-bond donors (Lipinski definition) is 1. The molecule has 0 aliphatic rings. The number of carbonyl (C=O) groups excluding carboxylic acids is 1. The maximum absolute atomic E-state index is 12.6. The second kappa shape index (κ2) is 9.62. The van der Waals surface area contributed by atoms with Gasteiger partial charge in [0.2, 0.25) is 0 Å². The van der Waals surface area contributed by atoms with E-state index in [0.717, 1.165) is 58.9 Å². The van der Waals surface area contributed by atoms with E-state index in [2.05, 4.69) is 65.9 Å². The van der Waals surface area contributed by atoms with Crippen LogP contribution in [0.4, 0.5) is 0 Å².